The van der Waals surface area contributed by atoms with Crippen LogP contribution in [0.25, 0.3) is 0 Å². The van der Waals surface area contributed by atoms with Crippen LogP contribution in [0.1, 0.15) is 46.5 Å². The normalized spacial score (nSPS) is 42.3. The molecule has 5 heteroatoms. The molecule has 0 aromatic rings. The Kier molecular flexibility index (Phi) is 4.28. The van der Waals surface area contributed by atoms with Gasteiger partial charge in [-0.3, -0.25) is 9.89 Å². The van der Waals surface area contributed by atoms with Crippen LogP contribution >= 0.6 is 0 Å². The molecule has 4 aliphatic rings. The Hall–Kier alpha value is -0.810. The molecule has 24 heavy (non-hydrogen) atoms. The van der Waals surface area contributed by atoms with E-state index in [2.05, 4.69) is 41.3 Å². The van der Waals surface area contributed by atoms with Gasteiger partial charge in [0.05, 0.1) is 6.10 Å². The van der Waals surface area contributed by atoms with Crippen LogP contribution in [0, 0.1) is 17.3 Å². The Morgan fingerprint density at radius 1 is 1.17 bits per heavy atom. The van der Waals surface area contributed by atoms with Gasteiger partial charge in [0.1, 0.15) is 0 Å². The number of rotatable bonds is 3. The predicted octanol–water partition coefficient (Wildman–Crippen LogP) is 1.84. The molecule has 0 aromatic heterocycles. The molecule has 2 saturated carbocycles. The van der Waals surface area contributed by atoms with Gasteiger partial charge in [0, 0.05) is 56.2 Å². The van der Waals surface area contributed by atoms with Crippen LogP contribution in [-0.4, -0.2) is 61.8 Å². The smallest absolute Gasteiger partial charge is 0.191 e. The quantitative estimate of drug-likeness (QED) is 0.611. The van der Waals surface area contributed by atoms with Crippen molar-refractivity contribution in [2.24, 2.45) is 22.2 Å². The molecular weight excluding hydrogens is 300 g/mol. The lowest BCUT2D eigenvalue weighted by Crippen LogP contribution is -2.71. The summed E-state index contributed by atoms with van der Waals surface area (Å²) in [7, 11) is 1.90. The molecule has 5 unspecified atom stereocenters. The van der Waals surface area contributed by atoms with Crippen LogP contribution in [0.2, 0.25) is 0 Å². The average molecular weight is 335 g/mol. The fourth-order valence-electron chi connectivity index (χ4n) is 5.24. The number of nitrogens with one attached hydrogen (secondary N) is 2. The van der Waals surface area contributed by atoms with Crippen LogP contribution in [0.5, 0.6) is 0 Å². The fourth-order valence-corrected chi connectivity index (χ4v) is 5.24. The zero-order valence-electron chi connectivity index (χ0n) is 15.7. The summed E-state index contributed by atoms with van der Waals surface area (Å²) in [6, 6.07) is 1.84. The van der Waals surface area contributed by atoms with Crippen molar-refractivity contribution in [3.8, 4) is 0 Å². The molecule has 0 radical (unpaired) electrons. The largest absolute Gasteiger partial charge is 0.377 e. The summed E-state index contributed by atoms with van der Waals surface area (Å²) in [5.41, 5.74) is 0.185. The Balaban J connectivity index is 1.36. The highest BCUT2D eigenvalue weighted by Crippen LogP contribution is 2.51. The van der Waals surface area contributed by atoms with Crippen LogP contribution in [0.3, 0.4) is 0 Å². The number of hydrogen-bond donors (Lipinski definition) is 2. The van der Waals surface area contributed by atoms with Gasteiger partial charge in [-0.15, -0.1) is 0 Å². The van der Waals surface area contributed by atoms with E-state index < -0.39 is 0 Å². The summed E-state index contributed by atoms with van der Waals surface area (Å²) < 4.78 is 6.03. The fraction of sp³-hybridized carbons (Fsp3) is 0.947. The highest BCUT2D eigenvalue weighted by atomic mass is 16.5. The predicted molar refractivity (Wildman–Crippen MR) is 97.2 cm³/mol. The van der Waals surface area contributed by atoms with E-state index in [1.807, 2.05) is 7.05 Å². The van der Waals surface area contributed by atoms with Crippen molar-refractivity contribution in [2.75, 3.05) is 26.7 Å². The minimum Gasteiger partial charge on any atom is -0.377 e. The van der Waals surface area contributed by atoms with E-state index in [9.17, 15) is 0 Å². The first kappa shape index (κ1) is 16.6. The highest BCUT2D eigenvalue weighted by Gasteiger charge is 2.58. The monoisotopic (exact) mass is 334 g/mol. The maximum atomic E-state index is 6.03. The Morgan fingerprint density at radius 2 is 1.96 bits per heavy atom. The summed E-state index contributed by atoms with van der Waals surface area (Å²) in [6.07, 6.45) is 5.67. The standard InChI is InChI=1S/C19H34N4O/c1-12-10-23(13-7-8-13)11-15(12)21-18(20-4)22-16-14-6-5-9-24-17(14)19(16,2)3/h12-17H,5-11H2,1-4H3,(H2,20,21,22). The first-order valence-corrected chi connectivity index (χ1v) is 9.86. The van der Waals surface area contributed by atoms with Crippen molar-refractivity contribution < 1.29 is 4.74 Å². The molecule has 0 amide bonds. The zero-order valence-corrected chi connectivity index (χ0v) is 15.7. The lowest BCUT2D eigenvalue weighted by atomic mass is 9.55. The summed E-state index contributed by atoms with van der Waals surface area (Å²) in [6.45, 7) is 10.4. The summed E-state index contributed by atoms with van der Waals surface area (Å²) in [5, 5.41) is 7.46. The van der Waals surface area contributed by atoms with Crippen molar-refractivity contribution in [1.29, 1.82) is 0 Å². The van der Waals surface area contributed by atoms with Gasteiger partial charge < -0.3 is 15.4 Å². The number of guanidine groups is 1. The molecule has 0 bridgehead atoms. The SMILES string of the molecule is CN=C(NC1CN(C2CC2)CC1C)NC1C2CCCOC2C1(C)C. The van der Waals surface area contributed by atoms with E-state index in [-0.39, 0.29) is 5.41 Å². The van der Waals surface area contributed by atoms with Gasteiger partial charge in [0.2, 0.25) is 0 Å². The zero-order chi connectivity index (χ0) is 16.9. The molecule has 2 aliphatic carbocycles. The van der Waals surface area contributed by atoms with Gasteiger partial charge in [-0.1, -0.05) is 20.8 Å². The van der Waals surface area contributed by atoms with Crippen LogP contribution in [0.15, 0.2) is 4.99 Å². The van der Waals surface area contributed by atoms with E-state index in [4.69, 9.17) is 4.74 Å². The molecule has 4 fully saturated rings. The third-order valence-electron chi connectivity index (χ3n) is 6.87. The first-order chi connectivity index (χ1) is 11.5. The number of fused-ring (bicyclic) bond motifs is 1. The lowest BCUT2D eigenvalue weighted by molar-refractivity contribution is -0.188. The number of aliphatic imine (C=N–C) groups is 1. The molecule has 0 spiro atoms. The molecule has 2 aliphatic heterocycles. The van der Waals surface area contributed by atoms with Gasteiger partial charge in [-0.25, -0.2) is 0 Å². The number of hydrogen-bond acceptors (Lipinski definition) is 3. The molecule has 136 valence electrons. The van der Waals surface area contributed by atoms with E-state index in [0.29, 0.717) is 30.0 Å². The average Bonchev–Trinajstić information content (AvgIpc) is 3.36. The Bertz CT molecular complexity index is 502. The van der Waals surface area contributed by atoms with Crippen molar-refractivity contribution >= 4 is 5.96 Å². The van der Waals surface area contributed by atoms with E-state index in [1.165, 1.54) is 32.2 Å². The Labute approximate surface area is 146 Å². The molecule has 2 saturated heterocycles. The van der Waals surface area contributed by atoms with Crippen LogP contribution in [-0.2, 0) is 4.74 Å². The van der Waals surface area contributed by atoms with Crippen LogP contribution in [0.4, 0.5) is 0 Å². The minimum atomic E-state index is 0.185. The number of nitrogens with zero attached hydrogens (tertiary/aromatic N) is 2. The Morgan fingerprint density at radius 3 is 2.67 bits per heavy atom. The molecule has 5 atom stereocenters. The second-order valence-corrected chi connectivity index (χ2v) is 9.03. The molecule has 2 heterocycles. The molecular formula is C19H34N4O. The van der Waals surface area contributed by atoms with Crippen molar-refractivity contribution in [1.82, 2.24) is 15.5 Å². The maximum absolute atomic E-state index is 6.03. The number of ether oxygens (including phenoxy) is 1. The maximum Gasteiger partial charge on any atom is 0.191 e. The minimum absolute atomic E-state index is 0.185. The summed E-state index contributed by atoms with van der Waals surface area (Å²) >= 11 is 0. The third kappa shape index (κ3) is 2.84. The second kappa shape index (κ2) is 6.17. The van der Waals surface area contributed by atoms with Crippen molar-refractivity contribution in [3.05, 3.63) is 0 Å². The van der Waals surface area contributed by atoms with Crippen LogP contribution < -0.4 is 10.6 Å². The van der Waals surface area contributed by atoms with E-state index in [0.717, 1.165) is 25.2 Å². The summed E-state index contributed by atoms with van der Waals surface area (Å²) in [4.78, 5) is 7.19. The molecule has 4 rings (SSSR count). The molecule has 0 aromatic carbocycles. The van der Waals surface area contributed by atoms with Gasteiger partial charge in [0.15, 0.2) is 5.96 Å². The van der Waals surface area contributed by atoms with E-state index in [1.54, 1.807) is 0 Å². The highest BCUT2D eigenvalue weighted by molar-refractivity contribution is 5.80. The molecule has 2 N–H and O–H groups in total. The van der Waals surface area contributed by atoms with E-state index >= 15 is 0 Å². The topological polar surface area (TPSA) is 48.9 Å². The van der Waals surface area contributed by atoms with Gasteiger partial charge in [-0.2, -0.15) is 0 Å². The second-order valence-electron chi connectivity index (χ2n) is 9.03. The van der Waals surface area contributed by atoms with Gasteiger partial charge >= 0.3 is 0 Å². The summed E-state index contributed by atoms with van der Waals surface area (Å²) in [5.74, 6) is 2.30. The lowest BCUT2D eigenvalue weighted by Gasteiger charge is -2.60. The van der Waals surface area contributed by atoms with Gasteiger partial charge in [-0.05, 0) is 31.6 Å². The van der Waals surface area contributed by atoms with Gasteiger partial charge in [0.25, 0.3) is 0 Å². The number of likely N-dealkylation sites (tertiary alicyclic amines) is 1. The van der Waals surface area contributed by atoms with Crippen molar-refractivity contribution in [2.45, 2.75) is 70.7 Å². The molecule has 5 nitrogen and oxygen atoms in total. The van der Waals surface area contributed by atoms with Crippen molar-refractivity contribution in [3.63, 3.8) is 0 Å². The first-order valence-electron chi connectivity index (χ1n) is 9.86. The third-order valence-corrected chi connectivity index (χ3v) is 6.87.